The summed E-state index contributed by atoms with van der Waals surface area (Å²) in [7, 11) is 0. The van der Waals surface area contributed by atoms with Gasteiger partial charge in [-0.3, -0.25) is 4.90 Å². The van der Waals surface area contributed by atoms with E-state index in [4.69, 9.17) is 0 Å². The van der Waals surface area contributed by atoms with E-state index >= 15 is 0 Å². The van der Waals surface area contributed by atoms with Crippen molar-refractivity contribution in [2.75, 3.05) is 13.1 Å². The molecule has 0 amide bonds. The average Bonchev–Trinajstić information content (AvgIpc) is 2.50. The zero-order chi connectivity index (χ0) is 9.97. The Kier molecular flexibility index (Phi) is 3.07. The molecule has 3 aliphatic rings. The predicted octanol–water partition coefficient (Wildman–Crippen LogP) is 2.85. The fourth-order valence-electron chi connectivity index (χ4n) is 3.06. The van der Waals surface area contributed by atoms with Gasteiger partial charge in [0.1, 0.15) is 0 Å². The third kappa shape index (κ3) is 1.78. The van der Waals surface area contributed by atoms with Crippen molar-refractivity contribution >= 4 is 0 Å². The molecular formula is C13H21N. The summed E-state index contributed by atoms with van der Waals surface area (Å²) < 4.78 is 0. The Morgan fingerprint density at radius 2 is 2.07 bits per heavy atom. The molecule has 78 valence electrons. The molecule has 0 aromatic rings. The average molecular weight is 191 g/mol. The van der Waals surface area contributed by atoms with Crippen LogP contribution in [0.3, 0.4) is 0 Å². The van der Waals surface area contributed by atoms with E-state index in [9.17, 15) is 0 Å². The van der Waals surface area contributed by atoms with Crippen molar-refractivity contribution in [1.82, 2.24) is 4.90 Å². The standard InChI is InChI=1S/C13H21N/c1-3-5-13-7-6-12-8-9-14(13)10-11(12)4-2/h3-4,11-13H,1-2,5-10H2/t11-,12+,13-/m0/s1. The summed E-state index contributed by atoms with van der Waals surface area (Å²) in [6.45, 7) is 10.4. The predicted molar refractivity (Wildman–Crippen MR) is 61.2 cm³/mol. The molecular weight excluding hydrogens is 170 g/mol. The van der Waals surface area contributed by atoms with Gasteiger partial charge in [-0.25, -0.2) is 0 Å². The lowest BCUT2D eigenvalue weighted by molar-refractivity contribution is 0.140. The molecule has 0 N–H and O–H groups in total. The van der Waals surface area contributed by atoms with Crippen LogP contribution in [0.1, 0.15) is 25.7 Å². The van der Waals surface area contributed by atoms with Gasteiger partial charge >= 0.3 is 0 Å². The van der Waals surface area contributed by atoms with Crippen molar-refractivity contribution in [3.63, 3.8) is 0 Å². The van der Waals surface area contributed by atoms with Gasteiger partial charge in [-0.1, -0.05) is 12.2 Å². The lowest BCUT2D eigenvalue weighted by atomic mass is 9.85. The minimum Gasteiger partial charge on any atom is -0.299 e. The molecule has 1 heteroatoms. The van der Waals surface area contributed by atoms with Crippen LogP contribution >= 0.6 is 0 Å². The first kappa shape index (κ1) is 9.97. The van der Waals surface area contributed by atoms with Crippen LogP contribution in [0.2, 0.25) is 0 Å². The fraction of sp³-hybridized carbons (Fsp3) is 0.692. The van der Waals surface area contributed by atoms with E-state index < -0.39 is 0 Å². The van der Waals surface area contributed by atoms with E-state index in [0.717, 1.165) is 24.3 Å². The topological polar surface area (TPSA) is 3.24 Å². The minimum atomic E-state index is 0.749. The Balaban J connectivity index is 2.07. The van der Waals surface area contributed by atoms with E-state index in [2.05, 4.69) is 30.2 Å². The van der Waals surface area contributed by atoms with Gasteiger partial charge < -0.3 is 0 Å². The molecule has 3 rings (SSSR count). The molecule has 2 bridgehead atoms. The number of fused-ring (bicyclic) bond motifs is 4. The first-order valence-electron chi connectivity index (χ1n) is 5.82. The molecule has 3 saturated heterocycles. The maximum absolute atomic E-state index is 3.97. The maximum Gasteiger partial charge on any atom is 0.0130 e. The highest BCUT2D eigenvalue weighted by molar-refractivity contribution is 4.97. The highest BCUT2D eigenvalue weighted by atomic mass is 15.2. The molecule has 0 aromatic carbocycles. The van der Waals surface area contributed by atoms with E-state index in [1.54, 1.807) is 0 Å². The second-order valence-corrected chi connectivity index (χ2v) is 4.70. The smallest absolute Gasteiger partial charge is 0.0130 e. The summed E-state index contributed by atoms with van der Waals surface area (Å²) >= 11 is 0. The summed E-state index contributed by atoms with van der Waals surface area (Å²) in [6.07, 6.45) is 9.55. The molecule has 1 unspecified atom stereocenters. The Morgan fingerprint density at radius 1 is 1.21 bits per heavy atom. The largest absolute Gasteiger partial charge is 0.299 e. The maximum atomic E-state index is 3.97. The van der Waals surface area contributed by atoms with Crippen molar-refractivity contribution in [3.05, 3.63) is 25.3 Å². The fourth-order valence-corrected chi connectivity index (χ4v) is 3.06. The molecule has 3 aliphatic heterocycles. The molecule has 0 aliphatic carbocycles. The quantitative estimate of drug-likeness (QED) is 0.620. The molecule has 0 spiro atoms. The Labute approximate surface area is 87.5 Å². The van der Waals surface area contributed by atoms with E-state index in [-0.39, 0.29) is 0 Å². The normalized spacial score (nSPS) is 41.7. The van der Waals surface area contributed by atoms with Crippen LogP contribution in [0.4, 0.5) is 0 Å². The number of hydrogen-bond acceptors (Lipinski definition) is 1. The van der Waals surface area contributed by atoms with Crippen LogP contribution in [0.5, 0.6) is 0 Å². The Hall–Kier alpha value is -0.560. The van der Waals surface area contributed by atoms with Crippen LogP contribution in [0.25, 0.3) is 0 Å². The SMILES string of the molecule is C=CC[C@H]1CC[C@@H]2CCN1C[C@@H]2C=C. The van der Waals surface area contributed by atoms with Crippen molar-refractivity contribution in [2.24, 2.45) is 11.8 Å². The lowest BCUT2D eigenvalue weighted by Gasteiger charge is -2.36. The van der Waals surface area contributed by atoms with Gasteiger partial charge in [0.25, 0.3) is 0 Å². The number of nitrogens with zero attached hydrogens (tertiary/aromatic N) is 1. The molecule has 3 fully saturated rings. The van der Waals surface area contributed by atoms with E-state index in [1.807, 2.05) is 0 Å². The molecule has 0 saturated carbocycles. The summed E-state index contributed by atoms with van der Waals surface area (Å²) in [6, 6.07) is 0.766. The van der Waals surface area contributed by atoms with Gasteiger partial charge in [0, 0.05) is 12.6 Å². The van der Waals surface area contributed by atoms with Crippen molar-refractivity contribution < 1.29 is 0 Å². The second kappa shape index (κ2) is 4.31. The third-order valence-electron chi connectivity index (χ3n) is 3.97. The third-order valence-corrected chi connectivity index (χ3v) is 3.97. The lowest BCUT2D eigenvalue weighted by Crippen LogP contribution is -2.41. The van der Waals surface area contributed by atoms with Gasteiger partial charge in [-0.15, -0.1) is 13.2 Å². The molecule has 4 atom stereocenters. The van der Waals surface area contributed by atoms with Gasteiger partial charge in [0.05, 0.1) is 0 Å². The summed E-state index contributed by atoms with van der Waals surface area (Å²) in [5.74, 6) is 1.66. The summed E-state index contributed by atoms with van der Waals surface area (Å²) in [4.78, 5) is 2.65. The molecule has 1 nitrogen and oxygen atoms in total. The summed E-state index contributed by atoms with van der Waals surface area (Å²) in [5.41, 5.74) is 0. The Bertz CT molecular complexity index is 221. The minimum absolute atomic E-state index is 0.749. The van der Waals surface area contributed by atoms with Crippen molar-refractivity contribution in [2.45, 2.75) is 31.7 Å². The summed E-state index contributed by atoms with van der Waals surface area (Å²) in [5, 5.41) is 0. The molecule has 0 aromatic heterocycles. The van der Waals surface area contributed by atoms with Crippen LogP contribution in [-0.2, 0) is 0 Å². The molecule has 14 heavy (non-hydrogen) atoms. The number of hydrogen-bond donors (Lipinski definition) is 0. The van der Waals surface area contributed by atoms with Crippen LogP contribution in [-0.4, -0.2) is 24.0 Å². The van der Waals surface area contributed by atoms with Crippen LogP contribution < -0.4 is 0 Å². The van der Waals surface area contributed by atoms with Gasteiger partial charge in [0.2, 0.25) is 0 Å². The van der Waals surface area contributed by atoms with Crippen LogP contribution in [0.15, 0.2) is 25.3 Å². The van der Waals surface area contributed by atoms with Crippen molar-refractivity contribution in [1.29, 1.82) is 0 Å². The van der Waals surface area contributed by atoms with Crippen LogP contribution in [0, 0.1) is 11.8 Å². The molecule has 0 radical (unpaired) electrons. The zero-order valence-corrected chi connectivity index (χ0v) is 8.99. The van der Waals surface area contributed by atoms with Gasteiger partial charge in [-0.2, -0.15) is 0 Å². The number of piperidine rings is 1. The second-order valence-electron chi connectivity index (χ2n) is 4.70. The van der Waals surface area contributed by atoms with Crippen molar-refractivity contribution in [3.8, 4) is 0 Å². The molecule has 3 heterocycles. The highest BCUT2D eigenvalue weighted by Crippen LogP contribution is 2.35. The van der Waals surface area contributed by atoms with Gasteiger partial charge in [-0.05, 0) is 44.1 Å². The van der Waals surface area contributed by atoms with Gasteiger partial charge in [0.15, 0.2) is 0 Å². The zero-order valence-electron chi connectivity index (χ0n) is 8.99. The van der Waals surface area contributed by atoms with E-state index in [0.29, 0.717) is 0 Å². The highest BCUT2D eigenvalue weighted by Gasteiger charge is 2.34. The first-order valence-corrected chi connectivity index (χ1v) is 5.82. The number of rotatable bonds is 3. The van der Waals surface area contributed by atoms with E-state index in [1.165, 1.54) is 32.4 Å². The Morgan fingerprint density at radius 3 is 2.79 bits per heavy atom. The first-order chi connectivity index (χ1) is 6.85. The monoisotopic (exact) mass is 191 g/mol.